The monoisotopic (exact) mass is 346 g/mol. The molecule has 2 aromatic heterocycles. The lowest BCUT2D eigenvalue weighted by atomic mass is 10.00. The predicted molar refractivity (Wildman–Crippen MR) is 72.8 cm³/mol. The third-order valence-electron chi connectivity index (χ3n) is 3.28. The van der Waals surface area contributed by atoms with Gasteiger partial charge in [0.1, 0.15) is 0 Å². The second-order valence-electron chi connectivity index (χ2n) is 4.95. The molecule has 0 aliphatic carbocycles. The number of nitrogens with two attached hydrogens (primary N) is 1. The van der Waals surface area contributed by atoms with Gasteiger partial charge in [-0.3, -0.25) is 0 Å². The molecule has 0 atom stereocenters. The number of nitrogens with zero attached hydrogens (tertiary/aromatic N) is 3. The van der Waals surface area contributed by atoms with E-state index in [-0.39, 0.29) is 28.8 Å². The van der Waals surface area contributed by atoms with Gasteiger partial charge in [0.25, 0.3) is 0 Å². The number of fused-ring (bicyclic) bond motifs is 1. The van der Waals surface area contributed by atoms with E-state index in [0.717, 1.165) is 0 Å². The van der Waals surface area contributed by atoms with Crippen LogP contribution in [0.15, 0.2) is 36.5 Å². The third-order valence-corrected chi connectivity index (χ3v) is 3.28. The smallest absolute Gasteiger partial charge is 0.366 e. The molecule has 0 spiro atoms. The zero-order valence-electron chi connectivity index (χ0n) is 11.7. The van der Waals surface area contributed by atoms with Crippen LogP contribution in [0.5, 0.6) is 0 Å². The van der Waals surface area contributed by atoms with E-state index in [1.807, 2.05) is 0 Å². The maximum Gasteiger partial charge on any atom is 0.416 e. The minimum Gasteiger partial charge on any atom is -0.366 e. The summed E-state index contributed by atoms with van der Waals surface area (Å²) in [6.45, 7) is 0. The second-order valence-corrected chi connectivity index (χ2v) is 4.95. The van der Waals surface area contributed by atoms with Crippen molar-refractivity contribution in [3.63, 3.8) is 0 Å². The summed E-state index contributed by atoms with van der Waals surface area (Å²) in [7, 11) is 0. The van der Waals surface area contributed by atoms with Gasteiger partial charge in [0, 0.05) is 11.8 Å². The molecule has 2 heterocycles. The lowest BCUT2D eigenvalue weighted by Gasteiger charge is -2.14. The lowest BCUT2D eigenvalue weighted by molar-refractivity contribution is -0.143. The van der Waals surface area contributed by atoms with Crippen molar-refractivity contribution in [1.82, 2.24) is 14.6 Å². The highest BCUT2D eigenvalue weighted by atomic mass is 19.4. The van der Waals surface area contributed by atoms with E-state index < -0.39 is 23.5 Å². The number of halogens is 6. The SMILES string of the molecule is Nc1nc2c(-c3cc(C(F)(F)F)cc(C(F)(F)F)c3)cccn2n1. The van der Waals surface area contributed by atoms with Crippen LogP contribution in [0.1, 0.15) is 11.1 Å². The molecule has 126 valence electrons. The topological polar surface area (TPSA) is 56.2 Å². The third kappa shape index (κ3) is 2.86. The number of anilines is 1. The fourth-order valence-corrected chi connectivity index (χ4v) is 2.26. The number of nitrogen functional groups attached to an aromatic ring is 1. The zero-order chi connectivity index (χ0) is 17.7. The highest BCUT2D eigenvalue weighted by molar-refractivity contribution is 5.78. The molecular formula is C14H8F6N4. The number of pyridine rings is 1. The summed E-state index contributed by atoms with van der Waals surface area (Å²) >= 11 is 0. The Morgan fingerprint density at radius 1 is 0.917 bits per heavy atom. The van der Waals surface area contributed by atoms with Crippen LogP contribution in [0.3, 0.4) is 0 Å². The number of benzene rings is 1. The molecule has 0 saturated heterocycles. The molecular weight excluding hydrogens is 338 g/mol. The molecule has 0 fully saturated rings. The molecule has 0 unspecified atom stereocenters. The summed E-state index contributed by atoms with van der Waals surface area (Å²) < 4.78 is 78.9. The molecule has 24 heavy (non-hydrogen) atoms. The van der Waals surface area contributed by atoms with Gasteiger partial charge in [0.2, 0.25) is 5.95 Å². The fourth-order valence-electron chi connectivity index (χ4n) is 2.26. The number of hydrogen-bond acceptors (Lipinski definition) is 3. The first-order valence-corrected chi connectivity index (χ1v) is 6.46. The molecule has 0 bridgehead atoms. The minimum atomic E-state index is -4.92. The summed E-state index contributed by atoms with van der Waals surface area (Å²) in [6.07, 6.45) is -8.41. The van der Waals surface area contributed by atoms with Gasteiger partial charge in [0.15, 0.2) is 5.65 Å². The fraction of sp³-hybridized carbons (Fsp3) is 0.143. The normalized spacial score (nSPS) is 12.8. The van der Waals surface area contributed by atoms with Crippen LogP contribution < -0.4 is 5.73 Å². The minimum absolute atomic E-state index is 0.0540. The van der Waals surface area contributed by atoms with E-state index in [9.17, 15) is 26.3 Å². The van der Waals surface area contributed by atoms with Crippen molar-refractivity contribution < 1.29 is 26.3 Å². The largest absolute Gasteiger partial charge is 0.416 e. The molecule has 0 amide bonds. The zero-order valence-corrected chi connectivity index (χ0v) is 11.7. The molecule has 3 aromatic rings. The summed E-state index contributed by atoms with van der Waals surface area (Å²) in [6, 6.07) is 4.11. The summed E-state index contributed by atoms with van der Waals surface area (Å²) in [5.74, 6) is -0.148. The van der Waals surface area contributed by atoms with Crippen LogP contribution in [0.2, 0.25) is 0 Å². The highest BCUT2D eigenvalue weighted by Gasteiger charge is 2.37. The molecule has 3 rings (SSSR count). The van der Waals surface area contributed by atoms with Crippen LogP contribution in [0, 0.1) is 0 Å². The van der Waals surface area contributed by atoms with Gasteiger partial charge in [0.05, 0.1) is 11.1 Å². The number of aromatic nitrogens is 3. The first-order chi connectivity index (χ1) is 11.1. The van der Waals surface area contributed by atoms with E-state index in [1.165, 1.54) is 22.8 Å². The predicted octanol–water partition coefficient (Wildman–Crippen LogP) is 4.02. The molecule has 2 N–H and O–H groups in total. The van der Waals surface area contributed by atoms with Crippen molar-refractivity contribution in [2.24, 2.45) is 0 Å². The van der Waals surface area contributed by atoms with Crippen LogP contribution in [0.4, 0.5) is 32.3 Å². The van der Waals surface area contributed by atoms with Crippen LogP contribution in [0.25, 0.3) is 16.8 Å². The van der Waals surface area contributed by atoms with E-state index in [0.29, 0.717) is 12.1 Å². The van der Waals surface area contributed by atoms with Crippen LogP contribution in [-0.2, 0) is 12.4 Å². The quantitative estimate of drug-likeness (QED) is 0.677. The van der Waals surface area contributed by atoms with E-state index in [1.54, 1.807) is 0 Å². The van der Waals surface area contributed by atoms with Crippen molar-refractivity contribution in [3.8, 4) is 11.1 Å². The first kappa shape index (κ1) is 16.1. The van der Waals surface area contributed by atoms with Gasteiger partial charge in [-0.2, -0.15) is 31.3 Å². The first-order valence-electron chi connectivity index (χ1n) is 6.46. The van der Waals surface area contributed by atoms with E-state index in [2.05, 4.69) is 10.1 Å². The average molecular weight is 346 g/mol. The van der Waals surface area contributed by atoms with E-state index in [4.69, 9.17) is 5.73 Å². The van der Waals surface area contributed by atoms with Crippen molar-refractivity contribution >= 4 is 11.6 Å². The Hall–Kier alpha value is -2.78. The van der Waals surface area contributed by atoms with Crippen molar-refractivity contribution in [1.29, 1.82) is 0 Å². The van der Waals surface area contributed by atoms with Gasteiger partial charge in [-0.05, 0) is 35.9 Å². The summed E-state index contributed by atoms with van der Waals surface area (Å²) in [4.78, 5) is 3.84. The Kier molecular flexibility index (Phi) is 3.43. The van der Waals surface area contributed by atoms with Crippen molar-refractivity contribution in [2.45, 2.75) is 12.4 Å². The van der Waals surface area contributed by atoms with Crippen molar-refractivity contribution in [3.05, 3.63) is 47.7 Å². The van der Waals surface area contributed by atoms with Gasteiger partial charge in [-0.1, -0.05) is 0 Å². The molecule has 10 heteroatoms. The summed E-state index contributed by atoms with van der Waals surface area (Å²) in [5, 5.41) is 3.78. The van der Waals surface area contributed by atoms with Gasteiger partial charge in [-0.15, -0.1) is 5.10 Å². The van der Waals surface area contributed by atoms with Gasteiger partial charge < -0.3 is 5.73 Å². The van der Waals surface area contributed by atoms with Crippen LogP contribution in [-0.4, -0.2) is 14.6 Å². The molecule has 0 aliphatic heterocycles. The van der Waals surface area contributed by atoms with Gasteiger partial charge in [-0.25, -0.2) is 4.52 Å². The molecule has 0 saturated carbocycles. The maximum absolute atomic E-state index is 12.9. The standard InChI is InChI=1S/C14H8F6N4/c15-13(16,17)8-4-7(5-9(6-8)14(18,19)20)10-2-1-3-24-11(10)22-12(21)23-24/h1-6H,(H2,21,23). The Bertz CT molecular complexity index is 877. The maximum atomic E-state index is 12.9. The molecule has 1 aromatic carbocycles. The Balaban J connectivity index is 2.30. The summed E-state index contributed by atoms with van der Waals surface area (Å²) in [5.41, 5.74) is 2.46. The average Bonchev–Trinajstić information content (AvgIpc) is 2.84. The second kappa shape index (κ2) is 5.11. The Morgan fingerprint density at radius 3 is 2.04 bits per heavy atom. The van der Waals surface area contributed by atoms with E-state index >= 15 is 0 Å². The Morgan fingerprint density at radius 2 is 1.50 bits per heavy atom. The highest BCUT2D eigenvalue weighted by Crippen LogP contribution is 2.39. The van der Waals surface area contributed by atoms with Crippen LogP contribution >= 0.6 is 0 Å². The van der Waals surface area contributed by atoms with Gasteiger partial charge >= 0.3 is 12.4 Å². The Labute approximate surface area is 130 Å². The molecule has 0 aliphatic rings. The van der Waals surface area contributed by atoms with Crippen molar-refractivity contribution in [2.75, 3.05) is 5.73 Å². The number of hydrogen-bond donors (Lipinski definition) is 1. The molecule has 0 radical (unpaired) electrons. The lowest BCUT2D eigenvalue weighted by Crippen LogP contribution is -2.11. The molecule has 4 nitrogen and oxygen atoms in total. The number of alkyl halides is 6. The number of rotatable bonds is 1.